The van der Waals surface area contributed by atoms with Gasteiger partial charge in [-0.15, -0.1) is 0 Å². The van der Waals surface area contributed by atoms with Gasteiger partial charge in [0.05, 0.1) is 17.1 Å². The number of hydrogen-bond donors (Lipinski definition) is 5. The number of amides is 7. The van der Waals surface area contributed by atoms with Gasteiger partial charge in [0, 0.05) is 62.9 Å². The van der Waals surface area contributed by atoms with Gasteiger partial charge in [0.1, 0.15) is 48.4 Å². The Hall–Kier alpha value is -7.36. The number of phenolic OH excluding ortho intramolecular Hbond substituents is 1. The fourth-order valence-corrected chi connectivity index (χ4v) is 10.6. The topological polar surface area (TPSA) is 284 Å². The van der Waals surface area contributed by atoms with Crippen molar-refractivity contribution in [3.8, 4) is 5.75 Å². The number of nitrogens with one attached hydrogen (secondary N) is 4. The summed E-state index contributed by atoms with van der Waals surface area (Å²) in [7, 11) is 2.78. The van der Waals surface area contributed by atoms with Gasteiger partial charge < -0.3 is 50.2 Å². The molecule has 10 atom stereocenters. The highest BCUT2D eigenvalue weighted by molar-refractivity contribution is 5.99. The van der Waals surface area contributed by atoms with E-state index in [0.717, 1.165) is 32.8 Å². The van der Waals surface area contributed by atoms with E-state index in [1.54, 1.807) is 26.0 Å². The van der Waals surface area contributed by atoms with E-state index in [4.69, 9.17) is 9.47 Å². The zero-order valence-corrected chi connectivity index (χ0v) is 46.7. The number of nitrogens with zero attached hydrogens (tertiary/aromatic N) is 5. The number of carbonyl (C=O) groups excluding carboxylic acids is 8. The molecule has 0 radical (unpaired) electrons. The number of carbonyl (C=O) groups is 8. The van der Waals surface area contributed by atoms with Crippen LogP contribution in [0, 0.1) is 27.9 Å². The number of likely N-dealkylation sites (N-methyl/N-ethyl adjacent to an activating group) is 2. The van der Waals surface area contributed by atoms with Crippen molar-refractivity contribution in [3.05, 3.63) is 82.1 Å². The summed E-state index contributed by atoms with van der Waals surface area (Å²) in [6.45, 7) is 18.0. The SMILES string of the molecule is C/C=C/C[C@@H]1NC(=O)[C@H](CC(C)C)N2C(=O)[C@H](CC(C)C2OC(C)=O)N(C)C(=O)[C@H](C)NC(=O)[C@H](Cc2ccc(O)c([N+](=O)[O-])c2)NC(=O)[C@H](CC(C)C)N(C)C(=O)[C@H](Cc2cn(C(C)(C)C3CO3)c3ccccc23)NC1=O. The van der Waals surface area contributed by atoms with E-state index >= 15 is 19.2 Å². The molecule has 3 aliphatic rings. The smallest absolute Gasteiger partial charge is 0.310 e. The van der Waals surface area contributed by atoms with Crippen LogP contribution >= 0.6 is 0 Å². The molecular weight excluding hydrogens is 1010 g/mol. The molecule has 0 spiro atoms. The molecule has 5 N–H and O–H groups in total. The maximum Gasteiger partial charge on any atom is 0.310 e. The zero-order valence-electron chi connectivity index (χ0n) is 46.7. The number of phenols is 1. The molecule has 0 saturated carbocycles. The summed E-state index contributed by atoms with van der Waals surface area (Å²) >= 11 is 0. The summed E-state index contributed by atoms with van der Waals surface area (Å²) < 4.78 is 13.6. The Morgan fingerprint density at radius 1 is 0.833 bits per heavy atom. The quantitative estimate of drug-likeness (QED) is 0.0503. The lowest BCUT2D eigenvalue weighted by Gasteiger charge is -2.47. The van der Waals surface area contributed by atoms with E-state index in [-0.39, 0.29) is 62.0 Å². The van der Waals surface area contributed by atoms with Crippen LogP contribution in [-0.4, -0.2) is 152 Å². The molecular formula is C56H77N9O13. The Kier molecular flexibility index (Phi) is 19.2. The largest absolute Gasteiger partial charge is 0.502 e. The molecule has 7 amide bonds. The summed E-state index contributed by atoms with van der Waals surface area (Å²) in [6, 6.07) is 1.53. The van der Waals surface area contributed by atoms with Gasteiger partial charge in [-0.2, -0.15) is 0 Å². The van der Waals surface area contributed by atoms with Gasteiger partial charge >= 0.3 is 11.7 Å². The second-order valence-electron chi connectivity index (χ2n) is 22.4. The number of epoxide rings is 1. The number of aromatic nitrogens is 1. The van der Waals surface area contributed by atoms with Crippen molar-refractivity contribution in [2.75, 3.05) is 20.7 Å². The number of esters is 1. The number of piperidine rings is 1. The van der Waals surface area contributed by atoms with E-state index in [9.17, 15) is 34.4 Å². The van der Waals surface area contributed by atoms with Crippen LogP contribution in [-0.2, 0) is 66.2 Å². The minimum absolute atomic E-state index is 0.0262. The number of aromatic hydroxyl groups is 1. The van der Waals surface area contributed by atoms with Crippen LogP contribution < -0.4 is 21.3 Å². The number of ether oxygens (including phenoxy) is 2. The van der Waals surface area contributed by atoms with Crippen LogP contribution in [0.2, 0.25) is 0 Å². The Labute approximate surface area is 455 Å². The van der Waals surface area contributed by atoms with Crippen molar-refractivity contribution in [3.63, 3.8) is 0 Å². The van der Waals surface area contributed by atoms with Gasteiger partial charge in [-0.3, -0.25) is 53.4 Å². The molecule has 0 aliphatic carbocycles. The third kappa shape index (κ3) is 13.7. The molecule has 3 aliphatic heterocycles. The van der Waals surface area contributed by atoms with E-state index in [0.29, 0.717) is 12.2 Å². The second-order valence-corrected chi connectivity index (χ2v) is 22.4. The van der Waals surface area contributed by atoms with Crippen LogP contribution in [0.5, 0.6) is 5.75 Å². The summed E-state index contributed by atoms with van der Waals surface area (Å²) in [5.74, 6) is -7.94. The summed E-state index contributed by atoms with van der Waals surface area (Å²) in [5, 5.41) is 34.2. The van der Waals surface area contributed by atoms with Crippen molar-refractivity contribution >= 4 is 63.9 Å². The first kappa shape index (κ1) is 59.9. The highest BCUT2D eigenvalue weighted by Gasteiger charge is 2.50. The predicted octanol–water partition coefficient (Wildman–Crippen LogP) is 3.99. The molecule has 424 valence electrons. The zero-order chi connectivity index (χ0) is 57.7. The van der Waals surface area contributed by atoms with Crippen LogP contribution in [0.1, 0.15) is 106 Å². The van der Waals surface area contributed by atoms with Gasteiger partial charge in [-0.25, -0.2) is 0 Å². The van der Waals surface area contributed by atoms with Crippen LogP contribution in [0.25, 0.3) is 10.9 Å². The number of rotatable bonds is 14. The summed E-state index contributed by atoms with van der Waals surface area (Å²) in [4.78, 5) is 132. The first-order chi connectivity index (χ1) is 36.7. The van der Waals surface area contributed by atoms with E-state index < -0.39 is 124 Å². The van der Waals surface area contributed by atoms with E-state index in [1.807, 2.05) is 72.0 Å². The molecule has 3 aromatic rings. The number of allylic oxidation sites excluding steroid dienone is 1. The third-order valence-corrected chi connectivity index (χ3v) is 15.0. The second kappa shape index (κ2) is 25.0. The maximum absolute atomic E-state index is 15.5. The standard InChI is InChI=1S/C56H77N9O13/c1-13-14-18-38-48(68)60-40(27-36-28-63(56(9,10)47-29-77-47)41-19-16-15-17-37(36)41)53(73)61(11)43(22-30(2)3)50(70)59-39(25-35-20-21-46(67)42(26-35)65(75)76)49(69)57-33(7)52(72)62(12)45-24-32(6)55(78-34(8)66)64(54(45)74)44(23-31(4)5)51(71)58-38/h13-17,19-21,26,28,30-33,38-40,43-45,47,55,67H,18,22-25,27,29H2,1-12H3,(H,57,69)(H,58,71)(H,59,70)(H,60,68)/b14-13+/t32?,33-,38-,39-,40-,43-,44-,45-,47?,55?/m0/s1. The molecule has 1 aromatic heterocycles. The van der Waals surface area contributed by atoms with Gasteiger partial charge in [-0.1, -0.05) is 71.0 Å². The maximum atomic E-state index is 15.5. The fraction of sp³-hybridized carbons (Fsp3) is 0.571. The molecule has 4 heterocycles. The predicted molar refractivity (Wildman–Crippen MR) is 288 cm³/mol. The molecule has 3 saturated heterocycles. The normalized spacial score (nSPS) is 26.4. The first-order valence-corrected chi connectivity index (χ1v) is 26.7. The lowest BCUT2D eigenvalue weighted by atomic mass is 9.88. The molecule has 2 bridgehead atoms. The molecule has 3 unspecified atom stereocenters. The average Bonchev–Trinajstić information content (AvgIpc) is 4.18. The molecule has 3 fully saturated rings. The van der Waals surface area contributed by atoms with Crippen LogP contribution in [0.3, 0.4) is 0 Å². The lowest BCUT2D eigenvalue weighted by molar-refractivity contribution is -0.385. The highest BCUT2D eigenvalue weighted by atomic mass is 16.6. The van der Waals surface area contributed by atoms with Gasteiger partial charge in [0.2, 0.25) is 41.4 Å². The number of benzene rings is 2. The highest BCUT2D eigenvalue weighted by Crippen LogP contribution is 2.37. The molecule has 22 nitrogen and oxygen atoms in total. The summed E-state index contributed by atoms with van der Waals surface area (Å²) in [6.07, 6.45) is 3.42. The van der Waals surface area contributed by atoms with Crippen molar-refractivity contribution in [2.24, 2.45) is 17.8 Å². The number of hydrogen-bond acceptors (Lipinski definition) is 13. The molecule has 78 heavy (non-hydrogen) atoms. The first-order valence-electron chi connectivity index (χ1n) is 26.7. The number of nitro benzene ring substituents is 1. The number of para-hydroxylation sites is 1. The number of fused-ring (bicyclic) bond motifs is 3. The average molecular weight is 1080 g/mol. The Balaban J connectivity index is 1.53. The molecule has 2 aromatic carbocycles. The van der Waals surface area contributed by atoms with Crippen molar-refractivity contribution in [1.82, 2.24) is 40.5 Å². The van der Waals surface area contributed by atoms with Crippen LogP contribution in [0.4, 0.5) is 5.69 Å². The van der Waals surface area contributed by atoms with Gasteiger partial charge in [0.25, 0.3) is 0 Å². The molecule has 6 rings (SSSR count). The van der Waals surface area contributed by atoms with Crippen molar-refractivity contribution in [2.45, 2.75) is 168 Å². The number of nitro groups is 1. The lowest BCUT2D eigenvalue weighted by Crippen LogP contribution is -2.67. The van der Waals surface area contributed by atoms with E-state index in [1.165, 1.54) is 38.9 Å². The fourth-order valence-electron chi connectivity index (χ4n) is 10.6. The van der Waals surface area contributed by atoms with Crippen molar-refractivity contribution in [1.29, 1.82) is 0 Å². The van der Waals surface area contributed by atoms with Crippen LogP contribution in [0.15, 0.2) is 60.8 Å². The minimum Gasteiger partial charge on any atom is -0.502 e. The van der Waals surface area contributed by atoms with Gasteiger partial charge in [-0.05, 0) is 88.5 Å². The molecule has 22 heteroatoms. The summed E-state index contributed by atoms with van der Waals surface area (Å²) in [5.41, 5.74) is 0.483. The minimum atomic E-state index is -1.55. The van der Waals surface area contributed by atoms with Gasteiger partial charge in [0.15, 0.2) is 12.0 Å². The Morgan fingerprint density at radius 3 is 2.05 bits per heavy atom. The third-order valence-electron chi connectivity index (χ3n) is 15.0. The van der Waals surface area contributed by atoms with E-state index in [2.05, 4.69) is 25.8 Å². The Morgan fingerprint density at radius 2 is 1.44 bits per heavy atom. The van der Waals surface area contributed by atoms with Crippen molar-refractivity contribution < 1.29 is 57.9 Å². The Bertz CT molecular complexity index is 2800. The monoisotopic (exact) mass is 1080 g/mol.